The molecule has 1 saturated heterocycles. The van der Waals surface area contributed by atoms with E-state index in [4.69, 9.17) is 28.6 Å². The molecule has 1 N–H and O–H groups in total. The van der Waals surface area contributed by atoms with Crippen molar-refractivity contribution in [2.24, 2.45) is 0 Å². The number of aryl methyl sites for hydroxylation is 1. The smallest absolute Gasteiger partial charge is 0.305 e. The average Bonchev–Trinajstić information content (AvgIpc) is 3.40. The van der Waals surface area contributed by atoms with Crippen LogP contribution in [0.2, 0.25) is 5.02 Å². The fourth-order valence-electron chi connectivity index (χ4n) is 4.11. The second kappa shape index (κ2) is 9.71. The van der Waals surface area contributed by atoms with E-state index in [2.05, 4.69) is 31.9 Å². The largest absolute Gasteiger partial charge is 0.469 e. The van der Waals surface area contributed by atoms with Gasteiger partial charge in [-0.05, 0) is 73.6 Å². The first-order valence-electron chi connectivity index (χ1n) is 10.5. The van der Waals surface area contributed by atoms with Gasteiger partial charge in [0.1, 0.15) is 0 Å². The number of carbonyl (C=O) groups is 1. The number of methoxy groups -OCH3 is 1. The fourth-order valence-corrected chi connectivity index (χ4v) is 4.56. The Morgan fingerprint density at radius 2 is 2.09 bits per heavy atom. The zero-order valence-corrected chi connectivity index (χ0v) is 19.6. The normalized spacial score (nSPS) is 18.0. The van der Waals surface area contributed by atoms with Crippen LogP contribution in [0.3, 0.4) is 0 Å². The molecule has 6 nitrogen and oxygen atoms in total. The average molecular weight is 469 g/mol. The van der Waals surface area contributed by atoms with E-state index >= 15 is 0 Å². The predicted octanol–water partition coefficient (Wildman–Crippen LogP) is 4.76. The summed E-state index contributed by atoms with van der Waals surface area (Å²) in [4.78, 5) is 18.4. The molecule has 4 rings (SSSR count). The summed E-state index contributed by atoms with van der Waals surface area (Å²) in [5.41, 5.74) is 4.03. The monoisotopic (exact) mass is 468 g/mol. The molecule has 0 spiro atoms. The molecule has 0 saturated carbocycles. The van der Waals surface area contributed by atoms with Crippen molar-refractivity contribution in [3.63, 3.8) is 0 Å². The summed E-state index contributed by atoms with van der Waals surface area (Å²) >= 11 is 12.0. The van der Waals surface area contributed by atoms with E-state index in [1.54, 1.807) is 6.20 Å². The van der Waals surface area contributed by atoms with E-state index < -0.39 is 0 Å². The summed E-state index contributed by atoms with van der Waals surface area (Å²) < 4.78 is 6.96. The van der Waals surface area contributed by atoms with E-state index in [1.807, 2.05) is 49.5 Å². The second-order valence-corrected chi connectivity index (χ2v) is 8.53. The van der Waals surface area contributed by atoms with Crippen molar-refractivity contribution < 1.29 is 9.53 Å². The molecule has 2 aromatic heterocycles. The van der Waals surface area contributed by atoms with E-state index in [0.717, 1.165) is 27.7 Å². The third-order valence-corrected chi connectivity index (χ3v) is 6.48. The molecule has 8 heteroatoms. The number of hydrogen-bond donors (Lipinski definition) is 1. The van der Waals surface area contributed by atoms with Crippen LogP contribution in [0.4, 0.5) is 0 Å². The summed E-state index contributed by atoms with van der Waals surface area (Å²) in [6.45, 7) is 2.62. The number of nitrogens with zero attached hydrogens (tertiary/aromatic N) is 3. The van der Waals surface area contributed by atoms with E-state index in [9.17, 15) is 4.79 Å². The Labute approximate surface area is 198 Å². The zero-order chi connectivity index (χ0) is 22.7. The molecule has 32 heavy (non-hydrogen) atoms. The van der Waals surface area contributed by atoms with Gasteiger partial charge in [0, 0.05) is 41.8 Å². The standard InChI is InChI=1S/C24H25ClN4O2S/c1-16-15-17(10-11-18(16)25)28-13-5-8-20(28)23-22(19-7-3-4-12-26-19)27-24(32)29(23)14-6-9-21(30)31-2/h3-5,7-8,10-13,15,22-23H,6,9,14H2,1-2H3,(H,27,32). The molecule has 0 aliphatic carbocycles. The zero-order valence-electron chi connectivity index (χ0n) is 18.0. The maximum absolute atomic E-state index is 11.6. The Morgan fingerprint density at radius 1 is 1.25 bits per heavy atom. The van der Waals surface area contributed by atoms with Gasteiger partial charge in [-0.25, -0.2) is 0 Å². The molecule has 1 aliphatic rings. The van der Waals surface area contributed by atoms with Gasteiger partial charge in [0.15, 0.2) is 5.11 Å². The maximum Gasteiger partial charge on any atom is 0.305 e. The van der Waals surface area contributed by atoms with Crippen LogP contribution >= 0.6 is 23.8 Å². The Balaban J connectivity index is 1.72. The predicted molar refractivity (Wildman–Crippen MR) is 129 cm³/mol. The van der Waals surface area contributed by atoms with Crippen LogP contribution in [-0.4, -0.2) is 39.2 Å². The molecule has 1 aromatic carbocycles. The summed E-state index contributed by atoms with van der Waals surface area (Å²) in [5, 5.41) is 4.84. The van der Waals surface area contributed by atoms with Crippen molar-refractivity contribution in [1.29, 1.82) is 0 Å². The van der Waals surface area contributed by atoms with Crippen LogP contribution in [-0.2, 0) is 9.53 Å². The molecule has 1 aliphatic heterocycles. The number of pyridine rings is 1. The van der Waals surface area contributed by atoms with Gasteiger partial charge in [0.2, 0.25) is 0 Å². The number of benzene rings is 1. The third kappa shape index (κ3) is 4.49. The highest BCUT2D eigenvalue weighted by molar-refractivity contribution is 7.80. The lowest BCUT2D eigenvalue weighted by atomic mass is 10.0. The summed E-state index contributed by atoms with van der Waals surface area (Å²) in [5.74, 6) is -0.221. The number of rotatable bonds is 7. The third-order valence-electron chi connectivity index (χ3n) is 5.71. The molecule has 3 aromatic rings. The van der Waals surface area contributed by atoms with Gasteiger partial charge in [-0.2, -0.15) is 0 Å². The topological polar surface area (TPSA) is 59.4 Å². The molecule has 0 bridgehead atoms. The van der Waals surface area contributed by atoms with Gasteiger partial charge in [-0.15, -0.1) is 0 Å². The van der Waals surface area contributed by atoms with Gasteiger partial charge >= 0.3 is 5.97 Å². The van der Waals surface area contributed by atoms with Crippen LogP contribution in [0.15, 0.2) is 60.9 Å². The molecular weight excluding hydrogens is 444 g/mol. The molecule has 166 valence electrons. The van der Waals surface area contributed by atoms with E-state index in [0.29, 0.717) is 24.5 Å². The first-order chi connectivity index (χ1) is 15.5. The highest BCUT2D eigenvalue weighted by Gasteiger charge is 2.41. The maximum atomic E-state index is 11.6. The van der Waals surface area contributed by atoms with Crippen molar-refractivity contribution in [3.8, 4) is 5.69 Å². The number of thiocarbonyl (C=S) groups is 1. The SMILES string of the molecule is COC(=O)CCCN1C(=S)NC(c2ccccn2)C1c1cccn1-c1ccc(Cl)c(C)c1. The van der Waals surface area contributed by atoms with Crippen molar-refractivity contribution in [2.75, 3.05) is 13.7 Å². The van der Waals surface area contributed by atoms with Crippen LogP contribution in [0.5, 0.6) is 0 Å². The highest BCUT2D eigenvalue weighted by Crippen LogP contribution is 2.39. The van der Waals surface area contributed by atoms with Crippen molar-refractivity contribution in [1.82, 2.24) is 19.8 Å². The summed E-state index contributed by atoms with van der Waals surface area (Å²) in [7, 11) is 1.41. The van der Waals surface area contributed by atoms with Crippen LogP contribution in [0.25, 0.3) is 5.69 Å². The molecular formula is C24H25ClN4O2S. The minimum Gasteiger partial charge on any atom is -0.469 e. The lowest BCUT2D eigenvalue weighted by Gasteiger charge is -2.29. The highest BCUT2D eigenvalue weighted by atomic mass is 35.5. The second-order valence-electron chi connectivity index (χ2n) is 7.74. The van der Waals surface area contributed by atoms with Gasteiger partial charge in [-0.3, -0.25) is 9.78 Å². The lowest BCUT2D eigenvalue weighted by Crippen LogP contribution is -2.31. The first-order valence-corrected chi connectivity index (χ1v) is 11.3. The van der Waals surface area contributed by atoms with Crippen LogP contribution in [0.1, 0.15) is 41.9 Å². The summed E-state index contributed by atoms with van der Waals surface area (Å²) in [6.07, 6.45) is 4.81. The molecule has 0 amide bonds. The van der Waals surface area contributed by atoms with Gasteiger partial charge < -0.3 is 19.5 Å². The Bertz CT molecular complexity index is 1120. The molecule has 1 fully saturated rings. The lowest BCUT2D eigenvalue weighted by molar-refractivity contribution is -0.140. The van der Waals surface area contributed by atoms with Crippen LogP contribution in [0, 0.1) is 6.92 Å². The first kappa shape index (κ1) is 22.3. The minimum atomic E-state index is -0.221. The number of carbonyl (C=O) groups excluding carboxylic acids is 1. The number of aromatic nitrogens is 2. The number of halogens is 1. The van der Waals surface area contributed by atoms with E-state index in [-0.39, 0.29) is 18.1 Å². The van der Waals surface area contributed by atoms with Crippen molar-refractivity contribution in [3.05, 3.63) is 82.9 Å². The Kier molecular flexibility index (Phi) is 6.77. The molecule has 3 heterocycles. The number of ether oxygens (including phenoxy) is 1. The Hall–Kier alpha value is -2.90. The van der Waals surface area contributed by atoms with Gasteiger partial charge in [0.05, 0.1) is 24.9 Å². The number of esters is 1. The van der Waals surface area contributed by atoms with Crippen LogP contribution < -0.4 is 5.32 Å². The molecule has 2 atom stereocenters. The fraction of sp³-hybridized carbons (Fsp3) is 0.292. The number of nitrogens with one attached hydrogen (secondary N) is 1. The number of hydrogen-bond acceptors (Lipinski definition) is 4. The minimum absolute atomic E-state index is 0.0963. The van der Waals surface area contributed by atoms with Crippen molar-refractivity contribution >= 4 is 34.9 Å². The summed E-state index contributed by atoms with van der Waals surface area (Å²) in [6, 6.07) is 15.8. The van der Waals surface area contributed by atoms with Gasteiger partial charge in [0.25, 0.3) is 0 Å². The molecule has 0 radical (unpaired) electrons. The molecule has 2 unspecified atom stereocenters. The van der Waals surface area contributed by atoms with Gasteiger partial charge in [-0.1, -0.05) is 17.7 Å². The Morgan fingerprint density at radius 3 is 2.81 bits per heavy atom. The quantitative estimate of drug-likeness (QED) is 0.398. The van der Waals surface area contributed by atoms with Crippen molar-refractivity contribution in [2.45, 2.75) is 31.8 Å². The van der Waals surface area contributed by atoms with E-state index in [1.165, 1.54) is 7.11 Å².